The topological polar surface area (TPSA) is 57.4 Å². The molecule has 2 N–H and O–H groups in total. The van der Waals surface area contributed by atoms with Crippen molar-refractivity contribution in [1.29, 1.82) is 0 Å². The number of nitrogens with zero attached hydrogens (tertiary/aromatic N) is 1. The fraction of sp³-hybridized carbons (Fsp3) is 0.667. The van der Waals surface area contributed by atoms with Crippen molar-refractivity contribution in [2.75, 3.05) is 20.3 Å². The van der Waals surface area contributed by atoms with E-state index in [2.05, 4.69) is 4.98 Å². The van der Waals surface area contributed by atoms with Gasteiger partial charge in [0.2, 0.25) is 5.88 Å². The van der Waals surface area contributed by atoms with Gasteiger partial charge >= 0.3 is 0 Å². The minimum Gasteiger partial charge on any atom is -0.481 e. The van der Waals surface area contributed by atoms with Gasteiger partial charge in [-0.15, -0.1) is 0 Å². The van der Waals surface area contributed by atoms with Crippen LogP contribution in [0.2, 0.25) is 0 Å². The summed E-state index contributed by atoms with van der Waals surface area (Å²) < 4.78 is 10.9. The van der Waals surface area contributed by atoms with Gasteiger partial charge in [-0.2, -0.15) is 0 Å². The van der Waals surface area contributed by atoms with Gasteiger partial charge in [0.1, 0.15) is 0 Å². The van der Waals surface area contributed by atoms with Gasteiger partial charge in [0.25, 0.3) is 0 Å². The van der Waals surface area contributed by atoms with Crippen LogP contribution in [0.4, 0.5) is 0 Å². The SMILES string of the molecule is COc1cccc(COCC2CCCCC2CN)n1. The van der Waals surface area contributed by atoms with Crippen molar-refractivity contribution in [3.63, 3.8) is 0 Å². The summed E-state index contributed by atoms with van der Waals surface area (Å²) in [4.78, 5) is 4.34. The lowest BCUT2D eigenvalue weighted by atomic mass is 9.80. The molecule has 4 nitrogen and oxygen atoms in total. The summed E-state index contributed by atoms with van der Waals surface area (Å²) in [6.45, 7) is 2.12. The lowest BCUT2D eigenvalue weighted by Gasteiger charge is -2.30. The van der Waals surface area contributed by atoms with Crippen LogP contribution in [0.5, 0.6) is 5.88 Å². The number of methoxy groups -OCH3 is 1. The van der Waals surface area contributed by atoms with Crippen LogP contribution in [0.25, 0.3) is 0 Å². The number of aromatic nitrogens is 1. The Morgan fingerprint density at radius 1 is 1.26 bits per heavy atom. The molecule has 4 heteroatoms. The second kappa shape index (κ2) is 7.46. The van der Waals surface area contributed by atoms with Crippen LogP contribution in [0.1, 0.15) is 31.4 Å². The molecule has 0 aromatic carbocycles. The van der Waals surface area contributed by atoms with Crippen LogP contribution in [-0.2, 0) is 11.3 Å². The molecule has 2 rings (SSSR count). The number of rotatable bonds is 6. The number of ether oxygens (including phenoxy) is 2. The predicted molar refractivity (Wildman–Crippen MR) is 74.9 cm³/mol. The van der Waals surface area contributed by atoms with E-state index < -0.39 is 0 Å². The van der Waals surface area contributed by atoms with Crippen molar-refractivity contribution >= 4 is 0 Å². The summed E-state index contributed by atoms with van der Waals surface area (Å²) >= 11 is 0. The molecule has 0 aliphatic heterocycles. The van der Waals surface area contributed by atoms with E-state index in [1.165, 1.54) is 25.7 Å². The van der Waals surface area contributed by atoms with Gasteiger partial charge in [-0.05, 0) is 37.3 Å². The highest BCUT2D eigenvalue weighted by Gasteiger charge is 2.23. The molecule has 1 heterocycles. The highest BCUT2D eigenvalue weighted by Crippen LogP contribution is 2.29. The third-order valence-corrected chi connectivity index (χ3v) is 3.94. The molecule has 106 valence electrons. The summed E-state index contributed by atoms with van der Waals surface area (Å²) in [6, 6.07) is 5.74. The minimum absolute atomic E-state index is 0.547. The van der Waals surface area contributed by atoms with Crippen LogP contribution < -0.4 is 10.5 Å². The fourth-order valence-corrected chi connectivity index (χ4v) is 2.78. The van der Waals surface area contributed by atoms with Gasteiger partial charge in [-0.25, -0.2) is 4.98 Å². The Kier molecular flexibility index (Phi) is 5.61. The Balaban J connectivity index is 1.78. The largest absolute Gasteiger partial charge is 0.481 e. The molecule has 1 fully saturated rings. The van der Waals surface area contributed by atoms with Crippen molar-refractivity contribution in [3.05, 3.63) is 23.9 Å². The summed E-state index contributed by atoms with van der Waals surface area (Å²) in [7, 11) is 1.63. The monoisotopic (exact) mass is 264 g/mol. The van der Waals surface area contributed by atoms with Crippen LogP contribution in [-0.4, -0.2) is 25.2 Å². The van der Waals surface area contributed by atoms with E-state index in [0.29, 0.717) is 24.3 Å². The molecule has 0 amide bonds. The van der Waals surface area contributed by atoms with E-state index in [1.807, 2.05) is 18.2 Å². The quantitative estimate of drug-likeness (QED) is 0.857. The third-order valence-electron chi connectivity index (χ3n) is 3.94. The standard InChI is InChI=1S/C15H24N2O2/c1-18-15-8-4-7-14(17-15)11-19-10-13-6-3-2-5-12(13)9-16/h4,7-8,12-13H,2-3,5-6,9-11,16H2,1H3. The lowest BCUT2D eigenvalue weighted by molar-refractivity contribution is 0.0495. The Bertz CT molecular complexity index is 384. The van der Waals surface area contributed by atoms with Crippen LogP contribution in [0.15, 0.2) is 18.2 Å². The van der Waals surface area contributed by atoms with Crippen molar-refractivity contribution in [2.45, 2.75) is 32.3 Å². The van der Waals surface area contributed by atoms with Gasteiger partial charge in [-0.1, -0.05) is 18.9 Å². The maximum absolute atomic E-state index is 5.83. The van der Waals surface area contributed by atoms with Crippen LogP contribution in [0.3, 0.4) is 0 Å². The molecule has 2 unspecified atom stereocenters. The zero-order chi connectivity index (χ0) is 13.5. The van der Waals surface area contributed by atoms with Crippen LogP contribution >= 0.6 is 0 Å². The van der Waals surface area contributed by atoms with Gasteiger partial charge in [-0.3, -0.25) is 0 Å². The number of nitrogens with two attached hydrogens (primary N) is 1. The third kappa shape index (κ3) is 4.18. The average molecular weight is 264 g/mol. The van der Waals surface area contributed by atoms with Gasteiger partial charge < -0.3 is 15.2 Å². The molecule has 1 aromatic rings. The molecular formula is C15H24N2O2. The zero-order valence-corrected chi connectivity index (χ0v) is 11.7. The maximum Gasteiger partial charge on any atom is 0.213 e. The van der Waals surface area contributed by atoms with E-state index >= 15 is 0 Å². The highest BCUT2D eigenvalue weighted by atomic mass is 16.5. The van der Waals surface area contributed by atoms with Gasteiger partial charge in [0, 0.05) is 6.07 Å². The van der Waals surface area contributed by atoms with Crippen molar-refractivity contribution in [1.82, 2.24) is 4.98 Å². The zero-order valence-electron chi connectivity index (χ0n) is 11.7. The van der Waals surface area contributed by atoms with Gasteiger partial charge in [0.15, 0.2) is 0 Å². The number of hydrogen-bond donors (Lipinski definition) is 1. The van der Waals surface area contributed by atoms with E-state index in [9.17, 15) is 0 Å². The summed E-state index contributed by atoms with van der Waals surface area (Å²) in [6.07, 6.45) is 5.12. The van der Waals surface area contributed by atoms with E-state index in [1.54, 1.807) is 7.11 Å². The highest BCUT2D eigenvalue weighted by molar-refractivity contribution is 5.14. The summed E-state index contributed by atoms with van der Waals surface area (Å²) in [5, 5.41) is 0. The molecule has 2 atom stereocenters. The lowest BCUT2D eigenvalue weighted by Crippen LogP contribution is -2.29. The second-order valence-electron chi connectivity index (χ2n) is 5.23. The first-order valence-electron chi connectivity index (χ1n) is 7.11. The maximum atomic E-state index is 5.83. The average Bonchev–Trinajstić information content (AvgIpc) is 2.48. The Morgan fingerprint density at radius 3 is 2.79 bits per heavy atom. The molecular weight excluding hydrogens is 240 g/mol. The predicted octanol–water partition coefficient (Wildman–Crippen LogP) is 2.37. The minimum atomic E-state index is 0.547. The number of pyridine rings is 1. The number of hydrogen-bond acceptors (Lipinski definition) is 4. The summed E-state index contributed by atoms with van der Waals surface area (Å²) in [5.74, 6) is 1.88. The molecule has 1 aliphatic carbocycles. The van der Waals surface area contributed by atoms with E-state index in [4.69, 9.17) is 15.2 Å². The van der Waals surface area contributed by atoms with Crippen molar-refractivity contribution in [2.24, 2.45) is 17.6 Å². The van der Waals surface area contributed by atoms with Crippen molar-refractivity contribution < 1.29 is 9.47 Å². The first kappa shape index (κ1) is 14.3. The molecule has 1 aromatic heterocycles. The fourth-order valence-electron chi connectivity index (χ4n) is 2.78. The Labute approximate surface area is 115 Å². The normalized spacial score (nSPS) is 23.3. The van der Waals surface area contributed by atoms with Gasteiger partial charge in [0.05, 0.1) is 26.0 Å². The first-order chi connectivity index (χ1) is 9.33. The Morgan fingerprint density at radius 2 is 2.05 bits per heavy atom. The second-order valence-corrected chi connectivity index (χ2v) is 5.23. The Hall–Kier alpha value is -1.13. The molecule has 1 aliphatic rings. The van der Waals surface area contributed by atoms with Crippen LogP contribution in [0, 0.1) is 11.8 Å². The summed E-state index contributed by atoms with van der Waals surface area (Å²) in [5.41, 5.74) is 6.75. The van der Waals surface area contributed by atoms with E-state index in [0.717, 1.165) is 18.8 Å². The molecule has 1 saturated carbocycles. The first-order valence-corrected chi connectivity index (χ1v) is 7.11. The molecule has 0 bridgehead atoms. The van der Waals surface area contributed by atoms with E-state index in [-0.39, 0.29) is 0 Å². The van der Waals surface area contributed by atoms with Crippen molar-refractivity contribution in [3.8, 4) is 5.88 Å². The molecule has 0 spiro atoms. The smallest absolute Gasteiger partial charge is 0.213 e. The molecule has 0 saturated heterocycles. The molecule has 0 radical (unpaired) electrons. The molecule has 19 heavy (non-hydrogen) atoms.